The molecule has 0 aliphatic rings. The summed E-state index contributed by atoms with van der Waals surface area (Å²) in [7, 11) is 0. The van der Waals surface area contributed by atoms with Crippen molar-refractivity contribution in [2.45, 2.75) is 0 Å². The molecule has 3 aromatic rings. The smallest absolute Gasteiger partial charge is 0.266 e. The molecule has 2 aromatic heterocycles. The van der Waals surface area contributed by atoms with Crippen LogP contribution in [0.1, 0.15) is 0 Å². The van der Waals surface area contributed by atoms with Gasteiger partial charge in [0.1, 0.15) is 10.7 Å². The first-order valence-corrected chi connectivity index (χ1v) is 5.98. The number of hydrogen-bond donors (Lipinski definition) is 0. The molecule has 0 N–H and O–H groups in total. The van der Waals surface area contributed by atoms with E-state index in [1.807, 2.05) is 18.2 Å². The van der Waals surface area contributed by atoms with E-state index >= 15 is 0 Å². The van der Waals surface area contributed by atoms with Crippen molar-refractivity contribution in [3.63, 3.8) is 0 Å². The minimum absolute atomic E-state index is 0.0857. The van der Waals surface area contributed by atoms with Crippen LogP contribution < -0.4 is 5.56 Å². The lowest BCUT2D eigenvalue weighted by molar-refractivity contribution is 0.779. The fourth-order valence-electron chi connectivity index (χ4n) is 1.75. The first-order chi connectivity index (χ1) is 9.27. The molecule has 1 aromatic carbocycles. The first kappa shape index (κ1) is 11.7. The van der Waals surface area contributed by atoms with Gasteiger partial charge >= 0.3 is 0 Å². The van der Waals surface area contributed by atoms with Crippen molar-refractivity contribution in [2.75, 3.05) is 0 Å². The van der Waals surface area contributed by atoms with Crippen molar-refractivity contribution in [1.82, 2.24) is 19.6 Å². The van der Waals surface area contributed by atoms with E-state index in [0.29, 0.717) is 11.4 Å². The Hall–Kier alpha value is -2.40. The van der Waals surface area contributed by atoms with Gasteiger partial charge in [0.15, 0.2) is 0 Å². The third kappa shape index (κ3) is 2.04. The fourth-order valence-corrected chi connectivity index (χ4v) is 1.96. The van der Waals surface area contributed by atoms with Crippen LogP contribution in [0.25, 0.3) is 11.4 Å². The lowest BCUT2D eigenvalue weighted by Crippen LogP contribution is -2.23. The van der Waals surface area contributed by atoms with Crippen LogP contribution in [0, 0.1) is 0 Å². The summed E-state index contributed by atoms with van der Waals surface area (Å²) in [6.07, 6.45) is 4.83. The third-order valence-corrected chi connectivity index (χ3v) is 3.01. The standard InChI is InChI=1S/C13H9ClN4O/c14-12-11(17-8-4-7-15-17)9-16-18(13(12)19)10-5-2-1-3-6-10/h1-9H. The molecule has 0 fully saturated rings. The van der Waals surface area contributed by atoms with Crippen molar-refractivity contribution < 1.29 is 0 Å². The Balaban J connectivity index is 2.17. The van der Waals surface area contributed by atoms with Crippen molar-refractivity contribution >= 4 is 11.6 Å². The zero-order chi connectivity index (χ0) is 13.2. The zero-order valence-electron chi connectivity index (χ0n) is 9.77. The van der Waals surface area contributed by atoms with E-state index in [-0.39, 0.29) is 10.6 Å². The van der Waals surface area contributed by atoms with Gasteiger partial charge in [-0.05, 0) is 18.2 Å². The maximum Gasteiger partial charge on any atom is 0.292 e. The van der Waals surface area contributed by atoms with E-state index < -0.39 is 0 Å². The lowest BCUT2D eigenvalue weighted by atomic mass is 10.3. The largest absolute Gasteiger partial charge is 0.292 e. The molecule has 19 heavy (non-hydrogen) atoms. The van der Waals surface area contributed by atoms with Gasteiger partial charge in [-0.25, -0.2) is 4.68 Å². The van der Waals surface area contributed by atoms with Gasteiger partial charge in [-0.2, -0.15) is 14.9 Å². The molecule has 5 nitrogen and oxygen atoms in total. The molecule has 3 rings (SSSR count). The van der Waals surface area contributed by atoms with E-state index in [1.54, 1.807) is 30.6 Å². The fraction of sp³-hybridized carbons (Fsp3) is 0. The highest BCUT2D eigenvalue weighted by Crippen LogP contribution is 2.14. The predicted molar refractivity (Wildman–Crippen MR) is 72.0 cm³/mol. The maximum atomic E-state index is 12.2. The van der Waals surface area contributed by atoms with E-state index in [1.165, 1.54) is 15.6 Å². The predicted octanol–water partition coefficient (Wildman–Crippen LogP) is 2.07. The Morgan fingerprint density at radius 3 is 2.53 bits per heavy atom. The van der Waals surface area contributed by atoms with E-state index in [4.69, 9.17) is 11.6 Å². The summed E-state index contributed by atoms with van der Waals surface area (Å²) in [4.78, 5) is 12.2. The number of halogens is 1. The Kier molecular flexibility index (Phi) is 2.89. The molecule has 6 heteroatoms. The second kappa shape index (κ2) is 4.70. The monoisotopic (exact) mass is 272 g/mol. The summed E-state index contributed by atoms with van der Waals surface area (Å²) in [5.74, 6) is 0. The molecule has 0 unspecified atom stereocenters. The molecule has 2 heterocycles. The molecule has 0 aliphatic heterocycles. The molecule has 0 spiro atoms. The van der Waals surface area contributed by atoms with E-state index in [9.17, 15) is 4.79 Å². The minimum Gasteiger partial charge on any atom is -0.266 e. The highest BCUT2D eigenvalue weighted by Gasteiger charge is 2.11. The second-order valence-electron chi connectivity index (χ2n) is 3.85. The van der Waals surface area contributed by atoms with E-state index in [2.05, 4.69) is 10.2 Å². The highest BCUT2D eigenvalue weighted by molar-refractivity contribution is 6.32. The number of para-hydroxylation sites is 1. The van der Waals surface area contributed by atoms with Crippen LogP contribution >= 0.6 is 11.6 Å². The molecule has 0 aliphatic carbocycles. The third-order valence-electron chi connectivity index (χ3n) is 2.65. The van der Waals surface area contributed by atoms with Crippen molar-refractivity contribution in [3.05, 3.63) is 70.4 Å². The maximum absolute atomic E-state index is 12.2. The molecule has 0 amide bonds. The normalized spacial score (nSPS) is 10.6. The van der Waals surface area contributed by atoms with E-state index in [0.717, 1.165) is 0 Å². The van der Waals surface area contributed by atoms with Gasteiger partial charge in [0.2, 0.25) is 0 Å². The Labute approximate surface area is 113 Å². The van der Waals surface area contributed by atoms with Crippen molar-refractivity contribution in [3.8, 4) is 11.4 Å². The van der Waals surface area contributed by atoms with Gasteiger partial charge in [0.05, 0.1) is 11.9 Å². The molecule has 0 atom stereocenters. The number of benzene rings is 1. The summed E-state index contributed by atoms with van der Waals surface area (Å²) in [6.45, 7) is 0. The molecule has 0 saturated carbocycles. The molecule has 0 saturated heterocycles. The van der Waals surface area contributed by atoms with Crippen molar-refractivity contribution in [2.24, 2.45) is 0 Å². The summed E-state index contributed by atoms with van der Waals surface area (Å²) >= 11 is 6.11. The van der Waals surface area contributed by atoms with Gasteiger partial charge < -0.3 is 0 Å². The molecule has 0 radical (unpaired) electrons. The number of hydrogen-bond acceptors (Lipinski definition) is 3. The topological polar surface area (TPSA) is 52.7 Å². The zero-order valence-corrected chi connectivity index (χ0v) is 10.5. The highest BCUT2D eigenvalue weighted by atomic mass is 35.5. The summed E-state index contributed by atoms with van der Waals surface area (Å²) in [5, 5.41) is 8.24. The van der Waals surface area contributed by atoms with Gasteiger partial charge in [0, 0.05) is 12.4 Å². The summed E-state index contributed by atoms with van der Waals surface area (Å²) in [6, 6.07) is 10.9. The Bertz CT molecular complexity index is 750. The van der Waals surface area contributed by atoms with Crippen LogP contribution in [0.3, 0.4) is 0 Å². The molecule has 94 valence electrons. The van der Waals surface area contributed by atoms with Crippen LogP contribution in [0.5, 0.6) is 0 Å². The summed E-state index contributed by atoms with van der Waals surface area (Å²) in [5.41, 5.74) is 0.756. The van der Waals surface area contributed by atoms with Crippen LogP contribution in [-0.2, 0) is 0 Å². The number of aromatic nitrogens is 4. The lowest BCUT2D eigenvalue weighted by Gasteiger charge is -2.07. The van der Waals surface area contributed by atoms with Gasteiger partial charge in [-0.15, -0.1) is 0 Å². The first-order valence-electron chi connectivity index (χ1n) is 5.60. The quantitative estimate of drug-likeness (QED) is 0.718. The van der Waals surface area contributed by atoms with Gasteiger partial charge in [-0.3, -0.25) is 4.79 Å². The van der Waals surface area contributed by atoms with Crippen molar-refractivity contribution in [1.29, 1.82) is 0 Å². The van der Waals surface area contributed by atoms with Gasteiger partial charge in [-0.1, -0.05) is 29.8 Å². The molecule has 0 bridgehead atoms. The van der Waals surface area contributed by atoms with Crippen LogP contribution in [0.2, 0.25) is 5.02 Å². The molecular weight excluding hydrogens is 264 g/mol. The SMILES string of the molecule is O=c1c(Cl)c(-n2cccn2)cnn1-c1ccccc1. The second-order valence-corrected chi connectivity index (χ2v) is 4.22. The minimum atomic E-state index is -0.374. The Morgan fingerprint density at radius 2 is 1.84 bits per heavy atom. The van der Waals surface area contributed by atoms with Crippen LogP contribution in [-0.4, -0.2) is 19.6 Å². The number of rotatable bonds is 2. The average Bonchev–Trinajstić information content (AvgIpc) is 2.97. The van der Waals surface area contributed by atoms with Gasteiger partial charge in [0.25, 0.3) is 5.56 Å². The Morgan fingerprint density at radius 1 is 1.05 bits per heavy atom. The summed E-state index contributed by atoms with van der Waals surface area (Å²) < 4.78 is 2.77. The number of nitrogens with zero attached hydrogens (tertiary/aromatic N) is 4. The average molecular weight is 273 g/mol. The van der Waals surface area contributed by atoms with Crippen LogP contribution in [0.4, 0.5) is 0 Å². The van der Waals surface area contributed by atoms with Crippen LogP contribution in [0.15, 0.2) is 59.8 Å². The molecular formula is C13H9ClN4O.